The first-order valence-corrected chi connectivity index (χ1v) is 8.22. The molecule has 1 aliphatic rings. The highest BCUT2D eigenvalue weighted by atomic mass is 16.2. The summed E-state index contributed by atoms with van der Waals surface area (Å²) < 4.78 is 0. The van der Waals surface area contributed by atoms with Crippen LogP contribution in [0.5, 0.6) is 0 Å². The predicted octanol–water partition coefficient (Wildman–Crippen LogP) is 0.966. The molecule has 2 aromatic heterocycles. The Bertz CT molecular complexity index is 765. The number of pyridine rings is 1. The maximum Gasteiger partial charge on any atom is 0.256 e. The van der Waals surface area contributed by atoms with Crippen molar-refractivity contribution in [1.29, 1.82) is 0 Å². The van der Waals surface area contributed by atoms with E-state index in [-0.39, 0.29) is 11.8 Å². The summed E-state index contributed by atoms with van der Waals surface area (Å²) in [5.74, 6) is 0.629. The highest BCUT2D eigenvalue weighted by molar-refractivity contribution is 5.98. The van der Waals surface area contributed by atoms with E-state index in [9.17, 15) is 9.59 Å². The van der Waals surface area contributed by atoms with Crippen molar-refractivity contribution in [3.63, 3.8) is 0 Å². The molecule has 0 unspecified atom stereocenters. The number of rotatable bonds is 7. The average Bonchev–Trinajstić information content (AvgIpc) is 2.96. The van der Waals surface area contributed by atoms with Gasteiger partial charge in [-0.1, -0.05) is 6.92 Å². The fraction of sp³-hybridized carbons (Fsp3) is 0.353. The molecule has 3 rings (SSSR count). The highest BCUT2D eigenvalue weighted by Gasteiger charge is 2.28. The third-order valence-electron chi connectivity index (χ3n) is 3.92. The second-order valence-corrected chi connectivity index (χ2v) is 5.67. The molecule has 0 atom stereocenters. The summed E-state index contributed by atoms with van der Waals surface area (Å²) in [7, 11) is 0. The van der Waals surface area contributed by atoms with Gasteiger partial charge in [0.1, 0.15) is 5.82 Å². The summed E-state index contributed by atoms with van der Waals surface area (Å²) in [4.78, 5) is 38.1. The Labute approximate surface area is 145 Å². The molecule has 1 aliphatic heterocycles. The summed E-state index contributed by atoms with van der Waals surface area (Å²) in [5.41, 5.74) is 2.18. The average molecular weight is 340 g/mol. The lowest BCUT2D eigenvalue weighted by atomic mass is 10.2. The summed E-state index contributed by atoms with van der Waals surface area (Å²) in [6, 6.07) is 3.57. The summed E-state index contributed by atoms with van der Waals surface area (Å²) in [6.45, 7) is 3.69. The first-order valence-electron chi connectivity index (χ1n) is 8.22. The third kappa shape index (κ3) is 4.09. The van der Waals surface area contributed by atoms with Crippen molar-refractivity contribution >= 4 is 17.6 Å². The van der Waals surface area contributed by atoms with Gasteiger partial charge in [0.2, 0.25) is 5.91 Å². The van der Waals surface area contributed by atoms with Crippen molar-refractivity contribution in [3.05, 3.63) is 47.7 Å². The van der Waals surface area contributed by atoms with Crippen molar-refractivity contribution in [1.82, 2.24) is 25.2 Å². The second-order valence-electron chi connectivity index (χ2n) is 5.67. The first kappa shape index (κ1) is 16.8. The summed E-state index contributed by atoms with van der Waals surface area (Å²) in [5, 5.41) is 5.96. The molecule has 0 fully saturated rings. The van der Waals surface area contributed by atoms with Gasteiger partial charge in [0.25, 0.3) is 5.91 Å². The largest absolute Gasteiger partial charge is 0.364 e. The molecule has 0 spiro atoms. The summed E-state index contributed by atoms with van der Waals surface area (Å²) >= 11 is 0. The Morgan fingerprint density at radius 3 is 2.96 bits per heavy atom. The number of carbonyl (C=O) groups is 2. The van der Waals surface area contributed by atoms with Crippen LogP contribution in [0.1, 0.15) is 35.1 Å². The minimum Gasteiger partial charge on any atom is -0.364 e. The SMILES string of the molecule is CCC(=O)NCCN1Cc2nc(NCc3cnccn3)ccc2C1=O. The number of anilines is 1. The van der Waals surface area contributed by atoms with Crippen molar-refractivity contribution in [2.45, 2.75) is 26.4 Å². The first-order chi connectivity index (χ1) is 12.2. The molecular weight excluding hydrogens is 320 g/mol. The molecule has 2 N–H and O–H groups in total. The van der Waals surface area contributed by atoms with Crippen LogP contribution in [0.15, 0.2) is 30.7 Å². The van der Waals surface area contributed by atoms with E-state index >= 15 is 0 Å². The molecule has 0 saturated carbocycles. The standard InChI is InChI=1S/C17H20N6O2/c1-2-16(24)20-7-8-23-11-14-13(17(23)25)3-4-15(22-14)21-10-12-9-18-5-6-19-12/h3-6,9H,2,7-8,10-11H2,1H3,(H,20,24)(H,21,22). The quantitative estimate of drug-likeness (QED) is 0.779. The fourth-order valence-electron chi connectivity index (χ4n) is 2.58. The maximum absolute atomic E-state index is 12.4. The number of nitrogens with zero attached hydrogens (tertiary/aromatic N) is 4. The predicted molar refractivity (Wildman–Crippen MR) is 91.6 cm³/mol. The van der Waals surface area contributed by atoms with Crippen LogP contribution >= 0.6 is 0 Å². The molecule has 2 amide bonds. The van der Waals surface area contributed by atoms with Crippen molar-refractivity contribution in [3.8, 4) is 0 Å². The molecule has 0 aliphatic carbocycles. The van der Waals surface area contributed by atoms with E-state index in [1.165, 1.54) is 0 Å². The van der Waals surface area contributed by atoms with E-state index in [1.54, 1.807) is 42.5 Å². The number of aromatic nitrogens is 3. The lowest BCUT2D eigenvalue weighted by Gasteiger charge is -2.15. The number of hydrogen-bond acceptors (Lipinski definition) is 6. The van der Waals surface area contributed by atoms with Gasteiger partial charge in [0.05, 0.1) is 36.2 Å². The van der Waals surface area contributed by atoms with Gasteiger partial charge in [-0.3, -0.25) is 19.6 Å². The molecule has 3 heterocycles. The number of nitrogens with one attached hydrogen (secondary N) is 2. The Kier molecular flexibility index (Phi) is 5.17. The zero-order valence-corrected chi connectivity index (χ0v) is 14.0. The lowest BCUT2D eigenvalue weighted by molar-refractivity contribution is -0.120. The van der Waals surface area contributed by atoms with E-state index in [0.717, 1.165) is 11.4 Å². The van der Waals surface area contributed by atoms with E-state index in [1.807, 2.05) is 0 Å². The van der Waals surface area contributed by atoms with Crippen LogP contribution in [0.4, 0.5) is 5.82 Å². The van der Waals surface area contributed by atoms with Gasteiger partial charge in [-0.2, -0.15) is 0 Å². The van der Waals surface area contributed by atoms with Gasteiger partial charge in [-0.25, -0.2) is 4.98 Å². The van der Waals surface area contributed by atoms with Crippen LogP contribution < -0.4 is 10.6 Å². The van der Waals surface area contributed by atoms with Crippen LogP contribution in [0.2, 0.25) is 0 Å². The lowest BCUT2D eigenvalue weighted by Crippen LogP contribution is -2.34. The van der Waals surface area contributed by atoms with Gasteiger partial charge in [0, 0.05) is 31.9 Å². The number of fused-ring (bicyclic) bond motifs is 1. The maximum atomic E-state index is 12.4. The van der Waals surface area contributed by atoms with Gasteiger partial charge in [0.15, 0.2) is 0 Å². The van der Waals surface area contributed by atoms with Crippen LogP contribution in [0.3, 0.4) is 0 Å². The van der Waals surface area contributed by atoms with Crippen LogP contribution in [-0.2, 0) is 17.9 Å². The van der Waals surface area contributed by atoms with Gasteiger partial charge in [-0.05, 0) is 12.1 Å². The van der Waals surface area contributed by atoms with E-state index in [2.05, 4.69) is 25.6 Å². The van der Waals surface area contributed by atoms with Crippen LogP contribution in [0.25, 0.3) is 0 Å². The molecule has 130 valence electrons. The Morgan fingerprint density at radius 2 is 2.20 bits per heavy atom. The third-order valence-corrected chi connectivity index (χ3v) is 3.92. The topological polar surface area (TPSA) is 100 Å². The van der Waals surface area contributed by atoms with Crippen LogP contribution in [-0.4, -0.2) is 44.8 Å². The monoisotopic (exact) mass is 340 g/mol. The molecule has 0 aromatic carbocycles. The number of amides is 2. The molecule has 2 aromatic rings. The molecule has 8 nitrogen and oxygen atoms in total. The minimum absolute atomic E-state index is 0.0159. The normalized spacial score (nSPS) is 12.8. The Morgan fingerprint density at radius 1 is 1.32 bits per heavy atom. The van der Waals surface area contributed by atoms with Crippen molar-refractivity contribution < 1.29 is 9.59 Å². The van der Waals surface area contributed by atoms with Crippen molar-refractivity contribution in [2.24, 2.45) is 0 Å². The fourth-order valence-corrected chi connectivity index (χ4v) is 2.58. The minimum atomic E-state index is -0.0475. The van der Waals surface area contributed by atoms with Gasteiger partial charge >= 0.3 is 0 Å². The van der Waals surface area contributed by atoms with Gasteiger partial charge in [-0.15, -0.1) is 0 Å². The highest BCUT2D eigenvalue weighted by Crippen LogP contribution is 2.22. The number of carbonyl (C=O) groups excluding carboxylic acids is 2. The molecular formula is C17H20N6O2. The second kappa shape index (κ2) is 7.69. The number of hydrogen-bond donors (Lipinski definition) is 2. The zero-order chi connectivity index (χ0) is 17.6. The zero-order valence-electron chi connectivity index (χ0n) is 14.0. The van der Waals surface area contributed by atoms with Gasteiger partial charge < -0.3 is 15.5 Å². The Hall–Kier alpha value is -3.03. The van der Waals surface area contributed by atoms with E-state index in [4.69, 9.17) is 0 Å². The summed E-state index contributed by atoms with van der Waals surface area (Å²) in [6.07, 6.45) is 5.40. The van der Waals surface area contributed by atoms with E-state index < -0.39 is 0 Å². The van der Waals surface area contributed by atoms with E-state index in [0.29, 0.717) is 44.0 Å². The van der Waals surface area contributed by atoms with Crippen LogP contribution in [0, 0.1) is 0 Å². The molecule has 0 radical (unpaired) electrons. The van der Waals surface area contributed by atoms with Crippen molar-refractivity contribution in [2.75, 3.05) is 18.4 Å². The molecule has 8 heteroatoms. The molecule has 0 bridgehead atoms. The molecule has 0 saturated heterocycles. The Balaban J connectivity index is 1.58. The molecule has 25 heavy (non-hydrogen) atoms. The smallest absolute Gasteiger partial charge is 0.256 e.